The fraction of sp³-hybridized carbons (Fsp3) is 0.381. The highest BCUT2D eigenvalue weighted by Crippen LogP contribution is 2.36. The minimum Gasteiger partial charge on any atom is -0.299 e. The Morgan fingerprint density at radius 1 is 0.857 bits per heavy atom. The first kappa shape index (κ1) is 20.7. The lowest BCUT2D eigenvalue weighted by Gasteiger charge is -2.30. The smallest absolute Gasteiger partial charge is 0.195 e. The van der Waals surface area contributed by atoms with Crippen LogP contribution in [0.2, 0.25) is 0 Å². The molecule has 0 saturated heterocycles. The lowest BCUT2D eigenvalue weighted by Crippen LogP contribution is -2.37. The van der Waals surface area contributed by atoms with Crippen molar-refractivity contribution in [3.05, 3.63) is 60.7 Å². The van der Waals surface area contributed by atoms with Gasteiger partial charge >= 0.3 is 0 Å². The third-order valence-electron chi connectivity index (χ3n) is 5.47. The second kappa shape index (κ2) is 8.17. The molecule has 1 aliphatic rings. The lowest BCUT2D eigenvalue weighted by molar-refractivity contribution is -0.126. The molecule has 3 rings (SSSR count). The van der Waals surface area contributed by atoms with Crippen LogP contribution in [0.3, 0.4) is 0 Å². The predicted octanol–water partition coefficient (Wildman–Crippen LogP) is 3.66. The van der Waals surface area contributed by atoms with Crippen LogP contribution in [0, 0.1) is 11.8 Å². The summed E-state index contributed by atoms with van der Waals surface area (Å²) in [6.45, 7) is 1.89. The van der Waals surface area contributed by atoms with Crippen molar-refractivity contribution in [2.24, 2.45) is 11.8 Å². The standard InChI is InChI=1S/C21H24O5S2/c1-16-9-8-14-20(22)19(16)15-21(27(23,24)17-10-4-2-5-11-17)28(25,26)18-12-6-3-7-13-18/h2-7,10-13,16,19,21H,8-9,14-15H2,1H3/t16-,19+/m1/s1. The van der Waals surface area contributed by atoms with Crippen LogP contribution in [-0.2, 0) is 24.5 Å². The number of benzene rings is 2. The van der Waals surface area contributed by atoms with Crippen molar-refractivity contribution in [1.29, 1.82) is 0 Å². The number of rotatable bonds is 6. The Morgan fingerprint density at radius 2 is 1.32 bits per heavy atom. The van der Waals surface area contributed by atoms with Gasteiger partial charge in [0.05, 0.1) is 9.79 Å². The van der Waals surface area contributed by atoms with E-state index in [1.54, 1.807) is 36.4 Å². The van der Waals surface area contributed by atoms with Crippen LogP contribution in [0.25, 0.3) is 0 Å². The third kappa shape index (κ3) is 4.05. The Balaban J connectivity index is 2.10. The number of ketones is 1. The van der Waals surface area contributed by atoms with Crippen LogP contribution < -0.4 is 0 Å². The maximum atomic E-state index is 13.3. The van der Waals surface area contributed by atoms with Crippen molar-refractivity contribution in [1.82, 2.24) is 0 Å². The van der Waals surface area contributed by atoms with Gasteiger partial charge in [0.15, 0.2) is 24.3 Å². The average Bonchev–Trinajstić information content (AvgIpc) is 2.68. The maximum absolute atomic E-state index is 13.3. The SMILES string of the molecule is C[C@@H]1CCCC(=O)[C@H]1CC(S(=O)(=O)c1ccccc1)S(=O)(=O)c1ccccc1. The second-order valence-electron chi connectivity index (χ2n) is 7.32. The molecule has 0 aromatic heterocycles. The molecule has 0 unspecified atom stereocenters. The molecule has 1 aliphatic carbocycles. The number of hydrogen-bond donors (Lipinski definition) is 0. The summed E-state index contributed by atoms with van der Waals surface area (Å²) in [5, 5.41) is 0. The van der Waals surface area contributed by atoms with E-state index in [-0.39, 0.29) is 27.9 Å². The molecule has 1 saturated carbocycles. The largest absolute Gasteiger partial charge is 0.299 e. The molecule has 7 heteroatoms. The van der Waals surface area contributed by atoms with Gasteiger partial charge in [-0.3, -0.25) is 4.79 Å². The summed E-state index contributed by atoms with van der Waals surface area (Å²) in [6, 6.07) is 15.2. The van der Waals surface area contributed by atoms with Gasteiger partial charge in [-0.1, -0.05) is 43.3 Å². The summed E-state index contributed by atoms with van der Waals surface area (Å²) in [5.41, 5.74) is 0. The van der Waals surface area contributed by atoms with E-state index in [4.69, 9.17) is 0 Å². The number of sulfone groups is 2. The fourth-order valence-electron chi connectivity index (χ4n) is 3.82. The molecule has 5 nitrogen and oxygen atoms in total. The topological polar surface area (TPSA) is 85.3 Å². The highest BCUT2D eigenvalue weighted by Gasteiger charge is 2.44. The molecule has 1 fully saturated rings. The summed E-state index contributed by atoms with van der Waals surface area (Å²) in [7, 11) is -8.39. The Labute approximate surface area is 166 Å². The minimum absolute atomic E-state index is 0.0410. The number of carbonyl (C=O) groups is 1. The third-order valence-corrected chi connectivity index (χ3v) is 10.6. The molecule has 0 radical (unpaired) electrons. The normalized spacial score (nSPS) is 21.0. The zero-order valence-corrected chi connectivity index (χ0v) is 17.3. The maximum Gasteiger partial charge on any atom is 0.195 e. The van der Waals surface area contributed by atoms with Gasteiger partial charge in [-0.25, -0.2) is 16.8 Å². The Kier molecular flexibility index (Phi) is 6.05. The highest BCUT2D eigenvalue weighted by molar-refractivity contribution is 8.09. The van der Waals surface area contributed by atoms with Crippen LogP contribution in [0.4, 0.5) is 0 Å². The van der Waals surface area contributed by atoms with Crippen LogP contribution in [-0.4, -0.2) is 27.2 Å². The summed E-state index contributed by atoms with van der Waals surface area (Å²) in [5.74, 6) is -0.660. The van der Waals surface area contributed by atoms with E-state index >= 15 is 0 Å². The van der Waals surface area contributed by atoms with E-state index in [0.29, 0.717) is 6.42 Å². The van der Waals surface area contributed by atoms with E-state index in [2.05, 4.69) is 0 Å². The zero-order chi connectivity index (χ0) is 20.4. The van der Waals surface area contributed by atoms with Gasteiger partial charge in [-0.15, -0.1) is 0 Å². The van der Waals surface area contributed by atoms with Gasteiger partial charge in [0, 0.05) is 12.3 Å². The van der Waals surface area contributed by atoms with Crippen molar-refractivity contribution in [3.63, 3.8) is 0 Å². The number of carbonyl (C=O) groups excluding carboxylic acids is 1. The van der Waals surface area contributed by atoms with Crippen molar-refractivity contribution in [2.75, 3.05) is 0 Å². The van der Waals surface area contributed by atoms with E-state index in [1.807, 2.05) is 6.92 Å². The fourth-order valence-corrected chi connectivity index (χ4v) is 8.42. The zero-order valence-electron chi connectivity index (χ0n) is 15.7. The second-order valence-corrected chi connectivity index (χ2v) is 11.9. The monoisotopic (exact) mass is 420 g/mol. The molecule has 0 amide bonds. The predicted molar refractivity (Wildman–Crippen MR) is 107 cm³/mol. The first-order valence-electron chi connectivity index (χ1n) is 9.35. The molecule has 28 heavy (non-hydrogen) atoms. The summed E-state index contributed by atoms with van der Waals surface area (Å²) in [6.07, 6.45) is 1.71. The quantitative estimate of drug-likeness (QED) is 0.712. The van der Waals surface area contributed by atoms with Crippen molar-refractivity contribution < 1.29 is 21.6 Å². The molecule has 0 N–H and O–H groups in total. The number of Topliss-reactive ketones (excluding diaryl/α,β-unsaturated/α-hetero) is 1. The van der Waals surface area contributed by atoms with Crippen molar-refractivity contribution in [2.45, 2.75) is 47.0 Å². The highest BCUT2D eigenvalue weighted by atomic mass is 32.3. The summed E-state index contributed by atoms with van der Waals surface area (Å²) >= 11 is 0. The summed E-state index contributed by atoms with van der Waals surface area (Å²) in [4.78, 5) is 12.4. The van der Waals surface area contributed by atoms with Gasteiger partial charge in [0.1, 0.15) is 5.78 Å². The lowest BCUT2D eigenvalue weighted by atomic mass is 9.78. The molecular formula is C21H24O5S2. The van der Waals surface area contributed by atoms with E-state index in [0.717, 1.165) is 12.8 Å². The van der Waals surface area contributed by atoms with Gasteiger partial charge in [0.25, 0.3) is 0 Å². The van der Waals surface area contributed by atoms with Crippen LogP contribution in [0.15, 0.2) is 70.5 Å². The molecule has 2 aromatic rings. The first-order chi connectivity index (χ1) is 13.2. The summed E-state index contributed by atoms with van der Waals surface area (Å²) < 4.78 is 51.7. The van der Waals surface area contributed by atoms with E-state index in [9.17, 15) is 21.6 Å². The van der Waals surface area contributed by atoms with E-state index < -0.39 is 30.2 Å². The average molecular weight is 421 g/mol. The minimum atomic E-state index is -4.19. The van der Waals surface area contributed by atoms with E-state index in [1.165, 1.54) is 24.3 Å². The molecule has 0 bridgehead atoms. The molecule has 150 valence electrons. The first-order valence-corrected chi connectivity index (χ1v) is 12.4. The Hall–Kier alpha value is -1.99. The molecule has 2 atom stereocenters. The van der Waals surface area contributed by atoms with Crippen LogP contribution >= 0.6 is 0 Å². The van der Waals surface area contributed by atoms with Gasteiger partial charge in [-0.2, -0.15) is 0 Å². The van der Waals surface area contributed by atoms with Gasteiger partial charge in [-0.05, 0) is 49.4 Å². The number of hydrogen-bond acceptors (Lipinski definition) is 5. The Morgan fingerprint density at radius 3 is 1.75 bits per heavy atom. The molecule has 0 spiro atoms. The Bertz CT molecular complexity index is 959. The molecule has 0 aliphatic heterocycles. The van der Waals surface area contributed by atoms with Crippen molar-refractivity contribution >= 4 is 25.5 Å². The van der Waals surface area contributed by atoms with Gasteiger partial charge in [0.2, 0.25) is 0 Å². The van der Waals surface area contributed by atoms with Crippen molar-refractivity contribution in [3.8, 4) is 0 Å². The molecule has 0 heterocycles. The van der Waals surface area contributed by atoms with Gasteiger partial charge < -0.3 is 0 Å². The van der Waals surface area contributed by atoms with Crippen LogP contribution in [0.5, 0.6) is 0 Å². The van der Waals surface area contributed by atoms with Crippen LogP contribution in [0.1, 0.15) is 32.6 Å². The molecular weight excluding hydrogens is 396 g/mol. The molecule has 2 aromatic carbocycles.